The zero-order chi connectivity index (χ0) is 14.7. The number of nitrogens with one attached hydrogen (secondary N) is 1. The quantitative estimate of drug-likeness (QED) is 0.831. The lowest BCUT2D eigenvalue weighted by Crippen LogP contribution is -2.27. The van der Waals surface area contributed by atoms with Crippen molar-refractivity contribution in [2.24, 2.45) is 5.92 Å². The van der Waals surface area contributed by atoms with Crippen LogP contribution in [-0.4, -0.2) is 24.1 Å². The predicted molar refractivity (Wildman–Crippen MR) is 84.6 cm³/mol. The monoisotopic (exact) mass is 304 g/mol. The minimum absolute atomic E-state index is 0.340. The number of esters is 1. The molecule has 1 aliphatic carbocycles. The number of fused-ring (bicyclic) bond motifs is 1. The molecule has 3 rings (SSSR count). The van der Waals surface area contributed by atoms with Crippen LogP contribution in [0, 0.1) is 5.92 Å². The van der Waals surface area contributed by atoms with E-state index in [-0.39, 0.29) is 5.97 Å². The van der Waals surface area contributed by atoms with Gasteiger partial charge in [-0.3, -0.25) is 0 Å². The van der Waals surface area contributed by atoms with Crippen molar-refractivity contribution in [3.05, 3.63) is 28.8 Å². The van der Waals surface area contributed by atoms with Crippen LogP contribution in [0.5, 0.6) is 0 Å². The van der Waals surface area contributed by atoms with Gasteiger partial charge in [0.2, 0.25) is 0 Å². The van der Waals surface area contributed by atoms with Crippen LogP contribution < -0.4 is 5.32 Å². The topological polar surface area (TPSA) is 51.2 Å². The molecule has 0 aliphatic heterocycles. The van der Waals surface area contributed by atoms with Gasteiger partial charge in [0.05, 0.1) is 6.61 Å². The Hall–Kier alpha value is -1.46. The van der Waals surface area contributed by atoms with Gasteiger partial charge in [-0.2, -0.15) is 0 Å². The van der Waals surface area contributed by atoms with Crippen molar-refractivity contribution in [1.82, 2.24) is 10.3 Å². The number of carbonyl (C=O) groups excluding carboxylic acids is 1. The van der Waals surface area contributed by atoms with Crippen LogP contribution in [0.25, 0.3) is 10.2 Å². The van der Waals surface area contributed by atoms with Crippen molar-refractivity contribution in [3.8, 4) is 0 Å². The normalized spacial score (nSPS) is 15.1. The van der Waals surface area contributed by atoms with Crippen LogP contribution in [-0.2, 0) is 11.3 Å². The molecule has 2 heterocycles. The van der Waals surface area contributed by atoms with Crippen LogP contribution in [0.3, 0.4) is 0 Å². The van der Waals surface area contributed by atoms with Gasteiger partial charge in [-0.1, -0.05) is 6.42 Å². The Kier molecular flexibility index (Phi) is 4.51. The molecule has 2 aromatic heterocycles. The minimum Gasteiger partial charge on any atom is -0.461 e. The lowest BCUT2D eigenvalue weighted by Gasteiger charge is -2.25. The summed E-state index contributed by atoms with van der Waals surface area (Å²) in [5.41, 5.74) is 1.54. The van der Waals surface area contributed by atoms with Crippen molar-refractivity contribution in [2.45, 2.75) is 32.7 Å². The van der Waals surface area contributed by atoms with Gasteiger partial charge in [0.15, 0.2) is 0 Å². The third-order valence-electron chi connectivity index (χ3n) is 3.98. The lowest BCUT2D eigenvalue weighted by molar-refractivity contribution is 0.0520. The number of carbonyl (C=O) groups is 1. The summed E-state index contributed by atoms with van der Waals surface area (Å²) in [5.74, 6) is 0.488. The summed E-state index contributed by atoms with van der Waals surface area (Å²) >= 11 is 1.56. The van der Waals surface area contributed by atoms with Gasteiger partial charge in [0, 0.05) is 11.9 Å². The average Bonchev–Trinajstić information content (AvgIpc) is 2.90. The Morgan fingerprint density at radius 2 is 2.38 bits per heavy atom. The first kappa shape index (κ1) is 14.5. The number of hydrogen-bond acceptors (Lipinski definition) is 5. The van der Waals surface area contributed by atoms with E-state index in [0.717, 1.165) is 34.8 Å². The molecule has 0 atom stereocenters. The Bertz CT molecular complexity index is 634. The van der Waals surface area contributed by atoms with Crippen molar-refractivity contribution >= 4 is 27.5 Å². The number of ether oxygens (including phenoxy) is 1. The summed E-state index contributed by atoms with van der Waals surface area (Å²) < 4.78 is 5.06. The number of thiophene rings is 1. The molecule has 1 fully saturated rings. The molecular weight excluding hydrogens is 284 g/mol. The van der Waals surface area contributed by atoms with Gasteiger partial charge in [0.1, 0.15) is 10.5 Å². The van der Waals surface area contributed by atoms with E-state index in [1.165, 1.54) is 19.3 Å². The highest BCUT2D eigenvalue weighted by Crippen LogP contribution is 2.26. The van der Waals surface area contributed by atoms with E-state index in [0.29, 0.717) is 12.3 Å². The summed E-state index contributed by atoms with van der Waals surface area (Å²) in [6, 6.07) is 3.93. The molecule has 0 saturated heterocycles. The highest BCUT2D eigenvalue weighted by molar-refractivity contribution is 7.16. The first-order valence-corrected chi connectivity index (χ1v) is 8.41. The van der Waals surface area contributed by atoms with Crippen molar-refractivity contribution in [3.63, 3.8) is 0 Å². The molecule has 0 bridgehead atoms. The maximum atomic E-state index is 11.9. The molecule has 1 saturated carbocycles. The zero-order valence-corrected chi connectivity index (χ0v) is 13.0. The first-order chi connectivity index (χ1) is 10.3. The largest absolute Gasteiger partial charge is 0.461 e. The van der Waals surface area contributed by atoms with Crippen LogP contribution in [0.2, 0.25) is 0 Å². The summed E-state index contributed by atoms with van der Waals surface area (Å²) in [4.78, 5) is 17.2. The molecule has 5 heteroatoms. The summed E-state index contributed by atoms with van der Waals surface area (Å²) in [7, 11) is 0. The van der Waals surface area contributed by atoms with Crippen molar-refractivity contribution in [1.29, 1.82) is 0 Å². The van der Waals surface area contributed by atoms with Gasteiger partial charge >= 0.3 is 5.97 Å². The van der Waals surface area contributed by atoms with Crippen LogP contribution >= 0.6 is 11.3 Å². The number of nitrogens with zero attached hydrogens (tertiary/aromatic N) is 1. The van der Waals surface area contributed by atoms with E-state index >= 15 is 0 Å². The molecule has 112 valence electrons. The fourth-order valence-electron chi connectivity index (χ4n) is 2.58. The van der Waals surface area contributed by atoms with Gasteiger partial charge < -0.3 is 10.1 Å². The maximum absolute atomic E-state index is 11.9. The molecule has 2 aromatic rings. The average molecular weight is 304 g/mol. The fraction of sp³-hybridized carbons (Fsp3) is 0.500. The minimum atomic E-state index is -0.340. The maximum Gasteiger partial charge on any atom is 0.356 e. The highest BCUT2D eigenvalue weighted by Gasteiger charge is 2.17. The number of aromatic nitrogens is 1. The SMILES string of the molecule is CCOC(=O)c1cc(CNCC2CCC2)c2ccsc2n1. The van der Waals surface area contributed by atoms with Crippen LogP contribution in [0.1, 0.15) is 42.2 Å². The molecule has 1 aliphatic rings. The third kappa shape index (κ3) is 3.24. The number of pyridine rings is 1. The molecule has 4 nitrogen and oxygen atoms in total. The zero-order valence-electron chi connectivity index (χ0n) is 12.2. The van der Waals surface area contributed by atoms with Crippen molar-refractivity contribution < 1.29 is 9.53 Å². The smallest absolute Gasteiger partial charge is 0.356 e. The summed E-state index contributed by atoms with van der Waals surface area (Å²) in [6.45, 7) is 4.02. The number of rotatable bonds is 6. The van der Waals surface area contributed by atoms with Crippen molar-refractivity contribution in [2.75, 3.05) is 13.2 Å². The first-order valence-electron chi connectivity index (χ1n) is 7.53. The summed E-state index contributed by atoms with van der Waals surface area (Å²) in [5, 5.41) is 6.66. The second-order valence-corrected chi connectivity index (χ2v) is 6.35. The summed E-state index contributed by atoms with van der Waals surface area (Å²) in [6.07, 6.45) is 4.04. The molecule has 0 radical (unpaired) electrons. The van der Waals surface area contributed by atoms with Gasteiger partial charge in [0.25, 0.3) is 0 Å². The van der Waals surface area contributed by atoms with Gasteiger partial charge in [-0.15, -0.1) is 11.3 Å². The van der Waals surface area contributed by atoms with Crippen LogP contribution in [0.4, 0.5) is 0 Å². The molecular formula is C16H20N2O2S. The van der Waals surface area contributed by atoms with Gasteiger partial charge in [-0.25, -0.2) is 9.78 Å². The van der Waals surface area contributed by atoms with Gasteiger partial charge in [-0.05, 0) is 55.3 Å². The molecule has 1 N–H and O–H groups in total. The van der Waals surface area contributed by atoms with Crippen LogP contribution in [0.15, 0.2) is 17.5 Å². The third-order valence-corrected chi connectivity index (χ3v) is 4.79. The second-order valence-electron chi connectivity index (χ2n) is 5.45. The Morgan fingerprint density at radius 1 is 1.52 bits per heavy atom. The fourth-order valence-corrected chi connectivity index (χ4v) is 3.39. The molecule has 0 spiro atoms. The van der Waals surface area contributed by atoms with E-state index in [4.69, 9.17) is 4.74 Å². The number of hydrogen-bond donors (Lipinski definition) is 1. The Morgan fingerprint density at radius 3 is 3.10 bits per heavy atom. The Balaban J connectivity index is 1.77. The predicted octanol–water partition coefficient (Wildman–Crippen LogP) is 3.36. The standard InChI is InChI=1S/C16H20N2O2S/c1-2-20-16(19)14-8-12(10-17-9-11-4-3-5-11)13-6-7-21-15(13)18-14/h6-8,11,17H,2-5,9-10H2,1H3. The molecule has 0 unspecified atom stereocenters. The van der Waals surface area contributed by atoms with E-state index in [1.807, 2.05) is 18.4 Å². The lowest BCUT2D eigenvalue weighted by atomic mass is 9.85. The highest BCUT2D eigenvalue weighted by atomic mass is 32.1. The molecule has 21 heavy (non-hydrogen) atoms. The van der Waals surface area contributed by atoms with E-state index in [1.54, 1.807) is 11.3 Å². The molecule has 0 aromatic carbocycles. The Labute approximate surface area is 128 Å². The van der Waals surface area contributed by atoms with E-state index in [9.17, 15) is 4.79 Å². The van der Waals surface area contributed by atoms with E-state index in [2.05, 4.69) is 16.4 Å². The second kappa shape index (κ2) is 6.54. The van der Waals surface area contributed by atoms with E-state index < -0.39 is 0 Å². The molecule has 0 amide bonds.